The minimum absolute atomic E-state index is 0.123. The van der Waals surface area contributed by atoms with Crippen molar-refractivity contribution in [3.05, 3.63) is 111 Å². The molecule has 1 fully saturated rings. The van der Waals surface area contributed by atoms with Gasteiger partial charge in [0.05, 0.1) is 12.2 Å². The molecule has 0 amide bonds. The zero-order valence-corrected chi connectivity index (χ0v) is 21.4. The van der Waals surface area contributed by atoms with E-state index in [-0.39, 0.29) is 17.7 Å². The highest BCUT2D eigenvalue weighted by Gasteiger charge is 2.42. The normalized spacial score (nSPS) is 21.9. The number of halogens is 3. The number of carboxylic acid groups (broad SMARTS) is 1. The average Bonchev–Trinajstić information content (AvgIpc) is 2.82. The highest BCUT2D eigenvalue weighted by atomic mass is 79.9. The Morgan fingerprint density at radius 2 is 1.91 bits per heavy atom. The van der Waals surface area contributed by atoms with Crippen molar-refractivity contribution in [2.24, 2.45) is 5.92 Å². The minimum atomic E-state index is -1.07. The van der Waals surface area contributed by atoms with E-state index in [4.69, 9.17) is 26.2 Å². The van der Waals surface area contributed by atoms with Gasteiger partial charge in [-0.05, 0) is 60.9 Å². The van der Waals surface area contributed by atoms with Crippen LogP contribution in [0.3, 0.4) is 0 Å². The SMILES string of the molecule is C=C(C)[C@H]1C[C@H](c2ccccc2Cl)[C@H](c2cccc(F)c2)O[C@@H]1c1cc(Br)ccc1OCC(=O)O. The Kier molecular flexibility index (Phi) is 7.95. The lowest BCUT2D eigenvalue weighted by Gasteiger charge is -2.43. The predicted octanol–water partition coefficient (Wildman–Crippen LogP) is 7.88. The van der Waals surface area contributed by atoms with E-state index >= 15 is 0 Å². The topological polar surface area (TPSA) is 55.8 Å². The molecule has 0 saturated carbocycles. The first-order valence-electron chi connectivity index (χ1n) is 11.2. The summed E-state index contributed by atoms with van der Waals surface area (Å²) in [5.41, 5.74) is 3.23. The molecular formula is C28H25BrClFO4. The third-order valence-electron chi connectivity index (χ3n) is 6.28. The number of hydrogen-bond acceptors (Lipinski definition) is 3. The van der Waals surface area contributed by atoms with Gasteiger partial charge in [0, 0.05) is 26.9 Å². The maximum absolute atomic E-state index is 14.3. The third-order valence-corrected chi connectivity index (χ3v) is 7.11. The van der Waals surface area contributed by atoms with Gasteiger partial charge < -0.3 is 14.6 Å². The molecule has 3 aromatic carbocycles. The molecule has 3 aromatic rings. The molecule has 4 rings (SSSR count). The highest BCUT2D eigenvalue weighted by molar-refractivity contribution is 9.10. The molecule has 1 aliphatic heterocycles. The Bertz CT molecular complexity index is 1250. The number of rotatable bonds is 7. The lowest BCUT2D eigenvalue weighted by atomic mass is 9.74. The van der Waals surface area contributed by atoms with E-state index in [1.54, 1.807) is 18.2 Å². The van der Waals surface area contributed by atoms with Gasteiger partial charge in [-0.2, -0.15) is 0 Å². The van der Waals surface area contributed by atoms with E-state index in [2.05, 4.69) is 22.5 Å². The van der Waals surface area contributed by atoms with Gasteiger partial charge in [-0.3, -0.25) is 0 Å². The molecule has 1 aliphatic rings. The number of hydrogen-bond donors (Lipinski definition) is 1. The summed E-state index contributed by atoms with van der Waals surface area (Å²) in [5, 5.41) is 9.77. The molecule has 7 heteroatoms. The first-order valence-corrected chi connectivity index (χ1v) is 12.4. The van der Waals surface area contributed by atoms with Crippen molar-refractivity contribution in [1.82, 2.24) is 0 Å². The van der Waals surface area contributed by atoms with Crippen molar-refractivity contribution in [2.75, 3.05) is 6.61 Å². The van der Waals surface area contributed by atoms with E-state index in [1.807, 2.05) is 43.3 Å². The molecule has 0 spiro atoms. The molecule has 0 aliphatic carbocycles. The molecule has 1 saturated heterocycles. The standard InChI is InChI=1S/C28H25BrClFO4/c1-16(2)21-14-22(20-8-3-4-9-24(20)30)27(17-6-5-7-19(31)12-17)35-28(21)23-13-18(29)10-11-25(23)34-15-26(32)33/h3-13,21-22,27-28H,1,14-15H2,2H3,(H,32,33)/t21-,22-,27+,28+/m1/s1. The smallest absolute Gasteiger partial charge is 0.341 e. The van der Waals surface area contributed by atoms with Crippen molar-refractivity contribution in [3.8, 4) is 5.75 Å². The maximum Gasteiger partial charge on any atom is 0.341 e. The Hall–Kier alpha value is -2.67. The number of carboxylic acids is 1. The van der Waals surface area contributed by atoms with E-state index < -0.39 is 24.8 Å². The zero-order chi connectivity index (χ0) is 25.1. The molecule has 0 aromatic heterocycles. The summed E-state index contributed by atoms with van der Waals surface area (Å²) in [6, 6.07) is 19.4. The Labute approximate surface area is 217 Å². The van der Waals surface area contributed by atoms with Crippen LogP contribution in [-0.4, -0.2) is 17.7 Å². The van der Waals surface area contributed by atoms with Crippen LogP contribution in [0.1, 0.15) is 48.2 Å². The van der Waals surface area contributed by atoms with E-state index in [0.29, 0.717) is 28.3 Å². The van der Waals surface area contributed by atoms with Gasteiger partial charge in [0.2, 0.25) is 0 Å². The van der Waals surface area contributed by atoms with Crippen LogP contribution in [0.15, 0.2) is 83.4 Å². The minimum Gasteiger partial charge on any atom is -0.482 e. The number of benzene rings is 3. The molecule has 0 bridgehead atoms. The Balaban J connectivity index is 1.83. The summed E-state index contributed by atoms with van der Waals surface area (Å²) < 4.78 is 27.5. The van der Waals surface area contributed by atoms with Crippen molar-refractivity contribution in [1.29, 1.82) is 0 Å². The van der Waals surface area contributed by atoms with E-state index in [0.717, 1.165) is 15.6 Å². The van der Waals surface area contributed by atoms with Crippen LogP contribution in [-0.2, 0) is 9.53 Å². The quantitative estimate of drug-likeness (QED) is 0.299. The summed E-state index contributed by atoms with van der Waals surface area (Å²) in [5.74, 6) is -1.28. The number of aliphatic carboxylic acids is 1. The first-order chi connectivity index (χ1) is 16.7. The van der Waals surface area contributed by atoms with Crippen molar-refractivity contribution >= 4 is 33.5 Å². The lowest BCUT2D eigenvalue weighted by molar-refractivity contribution is -0.139. The van der Waals surface area contributed by atoms with E-state index in [9.17, 15) is 9.18 Å². The summed E-state index contributed by atoms with van der Waals surface area (Å²) in [4.78, 5) is 11.2. The fourth-order valence-electron chi connectivity index (χ4n) is 4.69. The van der Waals surface area contributed by atoms with Crippen molar-refractivity contribution in [2.45, 2.75) is 31.5 Å². The molecule has 182 valence electrons. The molecule has 1 heterocycles. The van der Waals surface area contributed by atoms with Gasteiger partial charge in [-0.25, -0.2) is 9.18 Å². The lowest BCUT2D eigenvalue weighted by Crippen LogP contribution is -2.32. The fourth-order valence-corrected chi connectivity index (χ4v) is 5.35. The molecule has 4 atom stereocenters. The summed E-state index contributed by atoms with van der Waals surface area (Å²) in [6.07, 6.45) is -0.353. The summed E-state index contributed by atoms with van der Waals surface area (Å²) >= 11 is 10.1. The monoisotopic (exact) mass is 558 g/mol. The largest absolute Gasteiger partial charge is 0.482 e. The first kappa shape index (κ1) is 25.4. The van der Waals surface area contributed by atoms with Gasteiger partial charge in [0.25, 0.3) is 0 Å². The second-order valence-electron chi connectivity index (χ2n) is 8.71. The van der Waals surface area contributed by atoms with Gasteiger partial charge in [0.15, 0.2) is 6.61 Å². The van der Waals surface area contributed by atoms with Crippen LogP contribution < -0.4 is 4.74 Å². The highest BCUT2D eigenvalue weighted by Crippen LogP contribution is 2.54. The summed E-state index contributed by atoms with van der Waals surface area (Å²) in [7, 11) is 0. The maximum atomic E-state index is 14.3. The van der Waals surface area contributed by atoms with Crippen molar-refractivity contribution in [3.63, 3.8) is 0 Å². The fraction of sp³-hybridized carbons (Fsp3) is 0.250. The van der Waals surface area contributed by atoms with Crippen LogP contribution in [0.5, 0.6) is 5.75 Å². The second kappa shape index (κ2) is 10.9. The van der Waals surface area contributed by atoms with Gasteiger partial charge in [-0.1, -0.05) is 70.0 Å². The van der Waals surface area contributed by atoms with Gasteiger partial charge in [0.1, 0.15) is 11.6 Å². The zero-order valence-electron chi connectivity index (χ0n) is 19.1. The second-order valence-corrected chi connectivity index (χ2v) is 10.0. The van der Waals surface area contributed by atoms with Crippen LogP contribution in [0.25, 0.3) is 0 Å². The predicted molar refractivity (Wildman–Crippen MR) is 137 cm³/mol. The van der Waals surface area contributed by atoms with Crippen molar-refractivity contribution < 1.29 is 23.8 Å². The third kappa shape index (κ3) is 5.77. The number of ether oxygens (including phenoxy) is 2. The molecule has 35 heavy (non-hydrogen) atoms. The molecular weight excluding hydrogens is 535 g/mol. The van der Waals surface area contributed by atoms with E-state index in [1.165, 1.54) is 12.1 Å². The molecule has 4 nitrogen and oxygen atoms in total. The van der Waals surface area contributed by atoms with Crippen LogP contribution in [0, 0.1) is 11.7 Å². The number of carbonyl (C=O) groups is 1. The molecule has 1 N–H and O–H groups in total. The van der Waals surface area contributed by atoms with Crippen LogP contribution in [0.4, 0.5) is 4.39 Å². The van der Waals surface area contributed by atoms with Gasteiger partial charge >= 0.3 is 5.97 Å². The Morgan fingerprint density at radius 1 is 1.14 bits per heavy atom. The van der Waals surface area contributed by atoms with Crippen LogP contribution in [0.2, 0.25) is 5.02 Å². The van der Waals surface area contributed by atoms with Gasteiger partial charge in [-0.15, -0.1) is 0 Å². The Morgan fingerprint density at radius 3 is 2.60 bits per heavy atom. The van der Waals surface area contributed by atoms with Crippen LogP contribution >= 0.6 is 27.5 Å². The average molecular weight is 560 g/mol. The summed E-state index contributed by atoms with van der Waals surface area (Å²) in [6.45, 7) is 5.69. The molecule has 0 unspecified atom stereocenters. The molecule has 0 radical (unpaired) electrons.